The molecular weight excluding hydrogens is 194 g/mol. The summed E-state index contributed by atoms with van der Waals surface area (Å²) in [5.41, 5.74) is 1.18. The van der Waals surface area contributed by atoms with Gasteiger partial charge in [-0.1, -0.05) is 11.6 Å². The molecule has 0 atom stereocenters. The fourth-order valence-corrected chi connectivity index (χ4v) is 1.73. The predicted octanol–water partition coefficient (Wildman–Crippen LogP) is 3.32. The first-order valence-corrected chi connectivity index (χ1v) is 4.87. The molecule has 2 aromatic rings. The fraction of sp³-hybridized carbons (Fsp3) is 0.167. The molecule has 0 saturated carbocycles. The van der Waals surface area contributed by atoms with Gasteiger partial charge in [-0.3, -0.25) is 0 Å². The minimum Gasteiger partial charge on any atom is -0.347 e. The van der Waals surface area contributed by atoms with E-state index in [1.165, 1.54) is 5.52 Å². The highest BCUT2D eigenvalue weighted by atomic mass is 35.5. The van der Waals surface area contributed by atoms with E-state index in [0.29, 0.717) is 0 Å². The smallest absolute Gasteiger partial charge is 0.0481 e. The normalized spacial score (nSPS) is 10.3. The molecule has 0 amide bonds. The van der Waals surface area contributed by atoms with E-state index >= 15 is 0 Å². The van der Waals surface area contributed by atoms with Crippen LogP contribution in [-0.2, 0) is 6.54 Å². The van der Waals surface area contributed by atoms with Gasteiger partial charge in [0, 0.05) is 35.1 Å². The van der Waals surface area contributed by atoms with Crippen molar-refractivity contribution in [2.75, 3.05) is 0 Å². The van der Waals surface area contributed by atoms with Crippen LogP contribution in [0.5, 0.6) is 0 Å². The summed E-state index contributed by atoms with van der Waals surface area (Å²) in [6.07, 6.45) is 8.03. The molecule has 0 fully saturated rings. The van der Waals surface area contributed by atoms with E-state index in [0.717, 1.165) is 23.4 Å². The highest BCUT2D eigenvalue weighted by Crippen LogP contribution is 2.20. The lowest BCUT2D eigenvalue weighted by molar-refractivity contribution is 0.749. The van der Waals surface area contributed by atoms with Crippen molar-refractivity contribution < 1.29 is 0 Å². The second-order valence-corrected chi connectivity index (χ2v) is 3.60. The van der Waals surface area contributed by atoms with Gasteiger partial charge in [-0.2, -0.15) is 0 Å². The molecule has 0 saturated heterocycles. The molecule has 0 spiro atoms. The van der Waals surface area contributed by atoms with E-state index in [1.54, 1.807) is 0 Å². The van der Waals surface area contributed by atoms with E-state index < -0.39 is 0 Å². The van der Waals surface area contributed by atoms with Gasteiger partial charge in [0.15, 0.2) is 0 Å². The number of hydrogen-bond donors (Lipinski definition) is 0. The van der Waals surface area contributed by atoms with Gasteiger partial charge in [-0.05, 0) is 24.3 Å². The van der Waals surface area contributed by atoms with Crippen LogP contribution in [0.25, 0.3) is 10.9 Å². The first-order valence-electron chi connectivity index (χ1n) is 4.49. The number of benzene rings is 1. The molecule has 0 bridgehead atoms. The predicted molar refractivity (Wildman–Crippen MR) is 60.4 cm³/mol. The summed E-state index contributed by atoms with van der Waals surface area (Å²) in [7, 11) is 0. The van der Waals surface area contributed by atoms with Gasteiger partial charge in [0.25, 0.3) is 0 Å². The topological polar surface area (TPSA) is 4.93 Å². The monoisotopic (exact) mass is 203 g/mol. The molecule has 2 heteroatoms. The summed E-state index contributed by atoms with van der Waals surface area (Å²) in [5.74, 6) is 2.64. The number of rotatable bonds is 2. The number of fused-ring (bicyclic) bond motifs is 1. The lowest BCUT2D eigenvalue weighted by atomic mass is 10.2. The van der Waals surface area contributed by atoms with Crippen LogP contribution in [0, 0.1) is 12.3 Å². The van der Waals surface area contributed by atoms with Crippen molar-refractivity contribution in [1.82, 2.24) is 4.57 Å². The molecule has 1 heterocycles. The van der Waals surface area contributed by atoms with Gasteiger partial charge in [0.2, 0.25) is 0 Å². The maximum atomic E-state index is 5.89. The van der Waals surface area contributed by atoms with Crippen molar-refractivity contribution in [1.29, 1.82) is 0 Å². The Bertz CT molecular complexity index is 490. The molecule has 0 aliphatic rings. The van der Waals surface area contributed by atoms with Crippen LogP contribution < -0.4 is 0 Å². The Morgan fingerprint density at radius 1 is 1.36 bits per heavy atom. The number of terminal acetylenes is 1. The van der Waals surface area contributed by atoms with Crippen LogP contribution in [-0.4, -0.2) is 4.57 Å². The van der Waals surface area contributed by atoms with Crippen molar-refractivity contribution in [3.63, 3.8) is 0 Å². The highest BCUT2D eigenvalue weighted by Gasteiger charge is 2.00. The van der Waals surface area contributed by atoms with Gasteiger partial charge in [0.05, 0.1) is 0 Å². The van der Waals surface area contributed by atoms with Gasteiger partial charge in [-0.15, -0.1) is 12.3 Å². The summed E-state index contributed by atoms with van der Waals surface area (Å²) < 4.78 is 2.14. The number of nitrogens with zero attached hydrogens (tertiary/aromatic N) is 1. The Morgan fingerprint density at radius 3 is 3.00 bits per heavy atom. The lowest BCUT2D eigenvalue weighted by Gasteiger charge is -2.01. The van der Waals surface area contributed by atoms with Gasteiger partial charge in [-0.25, -0.2) is 0 Å². The van der Waals surface area contributed by atoms with E-state index in [4.69, 9.17) is 18.0 Å². The van der Waals surface area contributed by atoms with Crippen LogP contribution in [0.4, 0.5) is 0 Å². The molecule has 70 valence electrons. The summed E-state index contributed by atoms with van der Waals surface area (Å²) in [4.78, 5) is 0. The molecular formula is C12H10ClN. The average Bonchev–Trinajstić information content (AvgIpc) is 2.57. The summed E-state index contributed by atoms with van der Waals surface area (Å²) >= 11 is 5.89. The van der Waals surface area contributed by atoms with Crippen LogP contribution >= 0.6 is 11.6 Å². The first-order chi connectivity index (χ1) is 6.81. The third kappa shape index (κ3) is 1.62. The molecule has 1 nitrogen and oxygen atoms in total. The van der Waals surface area contributed by atoms with E-state index in [2.05, 4.69) is 16.6 Å². The Labute approximate surface area is 88.3 Å². The molecule has 1 aromatic carbocycles. The second-order valence-electron chi connectivity index (χ2n) is 3.17. The minimum atomic E-state index is 0.756. The van der Waals surface area contributed by atoms with Crippen molar-refractivity contribution >= 4 is 22.5 Å². The highest BCUT2D eigenvalue weighted by molar-refractivity contribution is 6.31. The molecule has 0 aliphatic heterocycles. The Morgan fingerprint density at radius 2 is 2.21 bits per heavy atom. The van der Waals surface area contributed by atoms with Gasteiger partial charge >= 0.3 is 0 Å². The van der Waals surface area contributed by atoms with Crippen LogP contribution in [0.1, 0.15) is 6.42 Å². The molecule has 0 N–H and O–H groups in total. The first kappa shape index (κ1) is 9.18. The van der Waals surface area contributed by atoms with Crippen LogP contribution in [0.3, 0.4) is 0 Å². The SMILES string of the molecule is C#CCCn1ccc2cc(Cl)ccc21. The minimum absolute atomic E-state index is 0.756. The Hall–Kier alpha value is -1.39. The number of aromatic nitrogens is 1. The maximum Gasteiger partial charge on any atom is 0.0481 e. The zero-order chi connectivity index (χ0) is 9.97. The molecule has 0 radical (unpaired) electrons. The van der Waals surface area contributed by atoms with E-state index in [1.807, 2.05) is 24.4 Å². The molecule has 0 unspecified atom stereocenters. The molecule has 2 rings (SSSR count). The van der Waals surface area contributed by atoms with Crippen molar-refractivity contribution in [3.05, 3.63) is 35.5 Å². The van der Waals surface area contributed by atoms with Gasteiger partial charge < -0.3 is 4.57 Å². The maximum absolute atomic E-state index is 5.89. The number of hydrogen-bond acceptors (Lipinski definition) is 0. The zero-order valence-electron chi connectivity index (χ0n) is 7.70. The van der Waals surface area contributed by atoms with Gasteiger partial charge in [0.1, 0.15) is 0 Å². The third-order valence-corrected chi connectivity index (χ3v) is 2.47. The fourth-order valence-electron chi connectivity index (χ4n) is 1.55. The summed E-state index contributed by atoms with van der Waals surface area (Å²) in [6.45, 7) is 0.863. The lowest BCUT2D eigenvalue weighted by Crippen LogP contribution is -1.93. The molecule has 1 aromatic heterocycles. The Balaban J connectivity index is 2.43. The third-order valence-electron chi connectivity index (χ3n) is 2.23. The number of aryl methyl sites for hydroxylation is 1. The van der Waals surface area contributed by atoms with E-state index in [9.17, 15) is 0 Å². The summed E-state index contributed by atoms with van der Waals surface area (Å²) in [5, 5.41) is 1.93. The van der Waals surface area contributed by atoms with Crippen LogP contribution in [0.15, 0.2) is 30.5 Å². The second kappa shape index (κ2) is 3.77. The standard InChI is InChI=1S/C12H10ClN/c1-2-3-7-14-8-6-10-9-11(13)4-5-12(10)14/h1,4-6,8-9H,3,7H2. The molecule has 0 aliphatic carbocycles. The zero-order valence-corrected chi connectivity index (χ0v) is 8.46. The largest absolute Gasteiger partial charge is 0.347 e. The van der Waals surface area contributed by atoms with Crippen molar-refractivity contribution in [2.45, 2.75) is 13.0 Å². The summed E-state index contributed by atoms with van der Waals surface area (Å²) in [6, 6.07) is 7.94. The quantitative estimate of drug-likeness (QED) is 0.660. The number of halogens is 1. The molecule has 14 heavy (non-hydrogen) atoms. The van der Waals surface area contributed by atoms with Crippen molar-refractivity contribution in [2.24, 2.45) is 0 Å². The Kier molecular flexibility index (Phi) is 2.47. The van der Waals surface area contributed by atoms with E-state index in [-0.39, 0.29) is 0 Å². The average molecular weight is 204 g/mol. The van der Waals surface area contributed by atoms with Crippen molar-refractivity contribution in [3.8, 4) is 12.3 Å². The van der Waals surface area contributed by atoms with Crippen LogP contribution in [0.2, 0.25) is 5.02 Å².